The van der Waals surface area contributed by atoms with Crippen molar-refractivity contribution in [3.8, 4) is 0 Å². The standard InChI is InChI=1S/C13H21N3O2/c1-5-15(6-2)12(17)10(4)16-9(3)7-8-11(14)13(16)18/h7-8,10H,5-6,14H2,1-4H3/t10-/m1/s1. The number of hydrogen-bond acceptors (Lipinski definition) is 3. The Balaban J connectivity index is 3.19. The molecule has 0 saturated carbocycles. The number of aryl methyl sites for hydroxylation is 1. The van der Waals surface area contributed by atoms with Crippen LogP contribution in [0.15, 0.2) is 16.9 Å². The first-order chi connectivity index (χ1) is 8.43. The van der Waals surface area contributed by atoms with Gasteiger partial charge >= 0.3 is 0 Å². The molecule has 0 aliphatic rings. The first-order valence-electron chi connectivity index (χ1n) is 6.20. The molecule has 5 heteroatoms. The topological polar surface area (TPSA) is 68.3 Å². The van der Waals surface area contributed by atoms with Crippen LogP contribution in [0.25, 0.3) is 0 Å². The first kappa shape index (κ1) is 14.3. The summed E-state index contributed by atoms with van der Waals surface area (Å²) in [6.45, 7) is 8.64. The second-order valence-electron chi connectivity index (χ2n) is 4.29. The smallest absolute Gasteiger partial charge is 0.274 e. The van der Waals surface area contributed by atoms with Crippen LogP contribution < -0.4 is 11.3 Å². The summed E-state index contributed by atoms with van der Waals surface area (Å²) in [7, 11) is 0. The molecule has 0 saturated heterocycles. The van der Waals surface area contributed by atoms with Gasteiger partial charge in [-0.25, -0.2) is 0 Å². The Hall–Kier alpha value is -1.78. The molecule has 0 aliphatic heterocycles. The van der Waals surface area contributed by atoms with E-state index in [1.54, 1.807) is 30.9 Å². The fraction of sp³-hybridized carbons (Fsp3) is 0.538. The Bertz CT molecular complexity index is 489. The maximum Gasteiger partial charge on any atom is 0.274 e. The van der Waals surface area contributed by atoms with Crippen molar-refractivity contribution in [1.82, 2.24) is 9.47 Å². The molecule has 1 rings (SSSR count). The Labute approximate surface area is 107 Å². The number of likely N-dealkylation sites (N-methyl/N-ethyl adjacent to an activating group) is 1. The minimum absolute atomic E-state index is 0.0594. The van der Waals surface area contributed by atoms with Gasteiger partial charge in [-0.2, -0.15) is 0 Å². The third kappa shape index (κ3) is 2.55. The van der Waals surface area contributed by atoms with Crippen molar-refractivity contribution in [2.45, 2.75) is 33.7 Å². The Morgan fingerprint density at radius 2 is 1.94 bits per heavy atom. The molecule has 1 atom stereocenters. The van der Waals surface area contributed by atoms with Crippen molar-refractivity contribution in [1.29, 1.82) is 0 Å². The van der Waals surface area contributed by atoms with E-state index >= 15 is 0 Å². The maximum absolute atomic E-state index is 12.2. The van der Waals surface area contributed by atoms with E-state index in [1.165, 1.54) is 4.57 Å². The number of carbonyl (C=O) groups is 1. The van der Waals surface area contributed by atoms with Crippen molar-refractivity contribution >= 4 is 11.6 Å². The molecule has 1 heterocycles. The number of nitrogen functional groups attached to an aromatic ring is 1. The van der Waals surface area contributed by atoms with E-state index in [2.05, 4.69) is 0 Å². The van der Waals surface area contributed by atoms with E-state index in [4.69, 9.17) is 5.73 Å². The van der Waals surface area contributed by atoms with E-state index in [0.717, 1.165) is 5.69 Å². The lowest BCUT2D eigenvalue weighted by atomic mass is 10.2. The van der Waals surface area contributed by atoms with Crippen LogP contribution in [0, 0.1) is 6.92 Å². The fourth-order valence-corrected chi connectivity index (χ4v) is 2.05. The second-order valence-corrected chi connectivity index (χ2v) is 4.29. The quantitative estimate of drug-likeness (QED) is 0.873. The summed E-state index contributed by atoms with van der Waals surface area (Å²) in [4.78, 5) is 26.0. The molecule has 5 nitrogen and oxygen atoms in total. The number of nitrogens with zero attached hydrogens (tertiary/aromatic N) is 2. The number of pyridine rings is 1. The third-order valence-electron chi connectivity index (χ3n) is 3.17. The predicted molar refractivity (Wildman–Crippen MR) is 72.5 cm³/mol. The molecule has 18 heavy (non-hydrogen) atoms. The van der Waals surface area contributed by atoms with Crippen LogP contribution in [0.1, 0.15) is 32.5 Å². The van der Waals surface area contributed by atoms with Gasteiger partial charge in [0.15, 0.2) is 0 Å². The normalized spacial score (nSPS) is 12.2. The fourth-order valence-electron chi connectivity index (χ4n) is 2.05. The SMILES string of the molecule is CCN(CC)C(=O)[C@@H](C)n1c(C)ccc(N)c1=O. The van der Waals surface area contributed by atoms with Gasteiger partial charge in [-0.3, -0.25) is 14.2 Å². The molecule has 2 N–H and O–H groups in total. The number of nitrogens with two attached hydrogens (primary N) is 1. The van der Waals surface area contributed by atoms with Crippen molar-refractivity contribution in [3.63, 3.8) is 0 Å². The lowest BCUT2D eigenvalue weighted by Crippen LogP contribution is -2.40. The van der Waals surface area contributed by atoms with Crippen LogP contribution in [0.4, 0.5) is 5.69 Å². The Morgan fingerprint density at radius 1 is 1.39 bits per heavy atom. The van der Waals surface area contributed by atoms with Gasteiger partial charge in [-0.05, 0) is 39.8 Å². The summed E-state index contributed by atoms with van der Waals surface area (Å²) >= 11 is 0. The molecule has 100 valence electrons. The van der Waals surface area contributed by atoms with Gasteiger partial charge < -0.3 is 10.6 Å². The lowest BCUT2D eigenvalue weighted by Gasteiger charge is -2.25. The minimum Gasteiger partial charge on any atom is -0.394 e. The second kappa shape index (κ2) is 5.71. The van der Waals surface area contributed by atoms with Crippen LogP contribution in [0.5, 0.6) is 0 Å². The van der Waals surface area contributed by atoms with E-state index < -0.39 is 6.04 Å². The summed E-state index contributed by atoms with van der Waals surface area (Å²) in [6, 6.07) is 2.80. The molecular weight excluding hydrogens is 230 g/mol. The highest BCUT2D eigenvalue weighted by atomic mass is 16.2. The van der Waals surface area contributed by atoms with Crippen molar-refractivity contribution < 1.29 is 4.79 Å². The predicted octanol–water partition coefficient (Wildman–Crippen LogP) is 1.17. The molecule has 0 bridgehead atoms. The summed E-state index contributed by atoms with van der Waals surface area (Å²) in [5, 5.41) is 0. The molecule has 0 aliphatic carbocycles. The average Bonchev–Trinajstić information content (AvgIpc) is 2.35. The van der Waals surface area contributed by atoms with Gasteiger partial charge in [-0.15, -0.1) is 0 Å². The lowest BCUT2D eigenvalue weighted by molar-refractivity contribution is -0.134. The Morgan fingerprint density at radius 3 is 2.44 bits per heavy atom. The number of carbonyl (C=O) groups excluding carboxylic acids is 1. The summed E-state index contributed by atoms with van der Waals surface area (Å²) in [6.07, 6.45) is 0. The van der Waals surface area contributed by atoms with E-state index in [1.807, 2.05) is 13.8 Å². The number of aromatic nitrogens is 1. The molecule has 0 radical (unpaired) electrons. The minimum atomic E-state index is -0.527. The highest BCUT2D eigenvalue weighted by molar-refractivity contribution is 5.80. The van der Waals surface area contributed by atoms with Gasteiger partial charge in [0.1, 0.15) is 6.04 Å². The number of anilines is 1. The zero-order chi connectivity index (χ0) is 13.9. The average molecular weight is 251 g/mol. The molecule has 1 aromatic heterocycles. The third-order valence-corrected chi connectivity index (χ3v) is 3.17. The van der Waals surface area contributed by atoms with Crippen LogP contribution in [0.2, 0.25) is 0 Å². The van der Waals surface area contributed by atoms with Gasteiger partial charge in [-0.1, -0.05) is 0 Å². The van der Waals surface area contributed by atoms with Crippen LogP contribution in [-0.2, 0) is 4.79 Å². The summed E-state index contributed by atoms with van der Waals surface area (Å²) in [5.41, 5.74) is 6.21. The van der Waals surface area contributed by atoms with E-state index in [0.29, 0.717) is 13.1 Å². The van der Waals surface area contributed by atoms with E-state index in [-0.39, 0.29) is 17.2 Å². The number of amides is 1. The van der Waals surface area contributed by atoms with E-state index in [9.17, 15) is 9.59 Å². The van der Waals surface area contributed by atoms with Gasteiger partial charge in [0, 0.05) is 18.8 Å². The zero-order valence-electron chi connectivity index (χ0n) is 11.4. The molecule has 0 fully saturated rings. The number of rotatable bonds is 4. The highest BCUT2D eigenvalue weighted by Crippen LogP contribution is 2.12. The largest absolute Gasteiger partial charge is 0.394 e. The van der Waals surface area contributed by atoms with Crippen LogP contribution >= 0.6 is 0 Å². The first-order valence-corrected chi connectivity index (χ1v) is 6.20. The van der Waals surface area contributed by atoms with Gasteiger partial charge in [0.25, 0.3) is 5.56 Å². The summed E-state index contributed by atoms with van der Waals surface area (Å²) < 4.78 is 1.45. The summed E-state index contributed by atoms with van der Waals surface area (Å²) in [5.74, 6) is -0.0594. The monoisotopic (exact) mass is 251 g/mol. The highest BCUT2D eigenvalue weighted by Gasteiger charge is 2.22. The molecule has 0 spiro atoms. The van der Waals surface area contributed by atoms with Crippen LogP contribution in [0.3, 0.4) is 0 Å². The number of hydrogen-bond donors (Lipinski definition) is 1. The van der Waals surface area contributed by atoms with Crippen molar-refractivity contribution in [2.75, 3.05) is 18.8 Å². The van der Waals surface area contributed by atoms with Crippen LogP contribution in [-0.4, -0.2) is 28.5 Å². The van der Waals surface area contributed by atoms with Crippen molar-refractivity contribution in [2.24, 2.45) is 0 Å². The molecule has 1 aromatic rings. The maximum atomic E-state index is 12.2. The zero-order valence-corrected chi connectivity index (χ0v) is 11.4. The van der Waals surface area contributed by atoms with Gasteiger partial charge in [0.2, 0.25) is 5.91 Å². The molecule has 0 aromatic carbocycles. The Kier molecular flexibility index (Phi) is 4.53. The van der Waals surface area contributed by atoms with Gasteiger partial charge in [0.05, 0.1) is 5.69 Å². The molecular formula is C13H21N3O2. The molecule has 1 amide bonds. The molecule has 0 unspecified atom stereocenters. The van der Waals surface area contributed by atoms with Crippen molar-refractivity contribution in [3.05, 3.63) is 28.2 Å².